The number of aliphatic carboxylic acids is 1. The summed E-state index contributed by atoms with van der Waals surface area (Å²) in [6.45, 7) is 2.13. The van der Waals surface area contributed by atoms with E-state index in [0.29, 0.717) is 19.4 Å². The minimum Gasteiger partial charge on any atom is -0.481 e. The number of benzene rings is 1. The third-order valence-corrected chi connectivity index (χ3v) is 3.04. The monoisotopic (exact) mass is 314 g/mol. The number of hydrogen-bond donors (Lipinski definition) is 2. The normalized spacial score (nSPS) is 10.1. The molecule has 0 heterocycles. The van der Waals surface area contributed by atoms with E-state index in [9.17, 15) is 9.59 Å². The fourth-order valence-electron chi connectivity index (χ4n) is 1.99. The molecule has 0 unspecified atom stereocenters. The number of primary amides is 1. The van der Waals surface area contributed by atoms with Crippen LogP contribution in [0.2, 0.25) is 0 Å². The van der Waals surface area contributed by atoms with E-state index < -0.39 is 5.97 Å². The van der Waals surface area contributed by atoms with Crippen LogP contribution in [0.3, 0.4) is 0 Å². The molecule has 0 aliphatic rings. The maximum absolute atomic E-state index is 10.9. The molecular formula is C15H23ClN2O3. The first-order chi connectivity index (χ1) is 9.58. The highest BCUT2D eigenvalue weighted by Gasteiger charge is 2.08. The molecule has 0 saturated carbocycles. The van der Waals surface area contributed by atoms with E-state index in [2.05, 4.69) is 4.90 Å². The molecule has 1 aromatic carbocycles. The van der Waals surface area contributed by atoms with E-state index in [0.717, 1.165) is 19.5 Å². The third-order valence-electron chi connectivity index (χ3n) is 3.04. The second-order valence-corrected chi connectivity index (χ2v) is 4.83. The van der Waals surface area contributed by atoms with Crippen LogP contribution in [0.15, 0.2) is 30.3 Å². The standard InChI is InChI=1S/C15H22N2O3.ClH/c16-14(18)9-11-17(10-5-4-8-15(19)20)12-13-6-2-1-3-7-13;/h1-3,6-7H,4-5,8-12H2,(H2,16,18)(H,19,20);1H. The van der Waals surface area contributed by atoms with Crippen molar-refractivity contribution < 1.29 is 14.7 Å². The van der Waals surface area contributed by atoms with Crippen LogP contribution >= 0.6 is 12.4 Å². The van der Waals surface area contributed by atoms with Crippen molar-refractivity contribution in [1.82, 2.24) is 4.90 Å². The molecule has 0 atom stereocenters. The lowest BCUT2D eigenvalue weighted by atomic mass is 10.2. The SMILES string of the molecule is Cl.NC(=O)CCN(CCCCC(=O)O)Cc1ccccc1. The van der Waals surface area contributed by atoms with E-state index in [-0.39, 0.29) is 24.7 Å². The number of carboxylic acid groups (broad SMARTS) is 1. The van der Waals surface area contributed by atoms with Gasteiger partial charge in [-0.1, -0.05) is 30.3 Å². The molecule has 1 rings (SSSR count). The molecule has 1 amide bonds. The highest BCUT2D eigenvalue weighted by Crippen LogP contribution is 2.07. The molecular weight excluding hydrogens is 292 g/mol. The Morgan fingerprint density at radius 3 is 2.29 bits per heavy atom. The van der Waals surface area contributed by atoms with Gasteiger partial charge in [0.05, 0.1) is 0 Å². The predicted octanol–water partition coefficient (Wildman–Crippen LogP) is 2.04. The van der Waals surface area contributed by atoms with Crippen molar-refractivity contribution in [3.8, 4) is 0 Å². The van der Waals surface area contributed by atoms with Crippen LogP contribution in [-0.2, 0) is 16.1 Å². The summed E-state index contributed by atoms with van der Waals surface area (Å²) in [5.41, 5.74) is 6.36. The predicted molar refractivity (Wildman–Crippen MR) is 84.3 cm³/mol. The lowest BCUT2D eigenvalue weighted by Gasteiger charge is -2.21. The van der Waals surface area contributed by atoms with Crippen molar-refractivity contribution >= 4 is 24.3 Å². The van der Waals surface area contributed by atoms with E-state index >= 15 is 0 Å². The van der Waals surface area contributed by atoms with Gasteiger partial charge in [-0.05, 0) is 24.9 Å². The van der Waals surface area contributed by atoms with Gasteiger partial charge in [0, 0.05) is 25.9 Å². The van der Waals surface area contributed by atoms with Crippen LogP contribution in [0.25, 0.3) is 0 Å². The number of amides is 1. The Bertz CT molecular complexity index is 426. The summed E-state index contributed by atoms with van der Waals surface area (Å²) < 4.78 is 0. The van der Waals surface area contributed by atoms with E-state index in [1.54, 1.807) is 0 Å². The van der Waals surface area contributed by atoms with Crippen molar-refractivity contribution in [2.24, 2.45) is 5.73 Å². The quantitative estimate of drug-likeness (QED) is 0.647. The number of nitrogens with two attached hydrogens (primary N) is 1. The van der Waals surface area contributed by atoms with Crippen molar-refractivity contribution in [3.05, 3.63) is 35.9 Å². The fraction of sp³-hybridized carbons (Fsp3) is 0.467. The van der Waals surface area contributed by atoms with Crippen LogP contribution in [0.5, 0.6) is 0 Å². The van der Waals surface area contributed by atoms with Gasteiger partial charge in [-0.2, -0.15) is 0 Å². The highest BCUT2D eigenvalue weighted by atomic mass is 35.5. The smallest absolute Gasteiger partial charge is 0.303 e. The van der Waals surface area contributed by atoms with Crippen LogP contribution in [0.4, 0.5) is 0 Å². The molecule has 1 aromatic rings. The molecule has 118 valence electrons. The van der Waals surface area contributed by atoms with Gasteiger partial charge >= 0.3 is 5.97 Å². The zero-order valence-corrected chi connectivity index (χ0v) is 12.8. The molecule has 0 fully saturated rings. The van der Waals surface area contributed by atoms with Crippen molar-refractivity contribution in [2.75, 3.05) is 13.1 Å². The number of carbonyl (C=O) groups is 2. The van der Waals surface area contributed by atoms with Gasteiger partial charge in [0.15, 0.2) is 0 Å². The van der Waals surface area contributed by atoms with E-state index in [4.69, 9.17) is 10.8 Å². The van der Waals surface area contributed by atoms with E-state index in [1.165, 1.54) is 5.56 Å². The van der Waals surface area contributed by atoms with Crippen LogP contribution in [0, 0.1) is 0 Å². The lowest BCUT2D eigenvalue weighted by molar-refractivity contribution is -0.137. The summed E-state index contributed by atoms with van der Waals surface area (Å²) >= 11 is 0. The maximum atomic E-state index is 10.9. The Morgan fingerprint density at radius 2 is 1.71 bits per heavy atom. The maximum Gasteiger partial charge on any atom is 0.303 e. The van der Waals surface area contributed by atoms with E-state index in [1.807, 2.05) is 30.3 Å². The van der Waals surface area contributed by atoms with Gasteiger partial charge in [0.25, 0.3) is 0 Å². The summed E-state index contributed by atoms with van der Waals surface area (Å²) in [5.74, 6) is -1.08. The number of rotatable bonds is 10. The van der Waals surface area contributed by atoms with Gasteiger partial charge in [-0.25, -0.2) is 0 Å². The molecule has 0 spiro atoms. The molecule has 0 aliphatic heterocycles. The highest BCUT2D eigenvalue weighted by molar-refractivity contribution is 5.85. The molecule has 5 nitrogen and oxygen atoms in total. The fourth-order valence-corrected chi connectivity index (χ4v) is 1.99. The topological polar surface area (TPSA) is 83.6 Å². The number of hydrogen-bond acceptors (Lipinski definition) is 3. The van der Waals surface area contributed by atoms with Gasteiger partial charge in [-0.3, -0.25) is 14.5 Å². The number of carboxylic acids is 1. The Kier molecular flexibility index (Phi) is 10.3. The molecule has 0 aromatic heterocycles. The average molecular weight is 315 g/mol. The molecule has 0 bridgehead atoms. The van der Waals surface area contributed by atoms with Crippen LogP contribution in [-0.4, -0.2) is 35.0 Å². The molecule has 0 radical (unpaired) electrons. The first kappa shape index (κ1) is 19.4. The minimum atomic E-state index is -0.767. The summed E-state index contributed by atoms with van der Waals surface area (Å²) in [4.78, 5) is 23.5. The first-order valence-corrected chi connectivity index (χ1v) is 6.84. The van der Waals surface area contributed by atoms with Gasteiger partial charge in [-0.15, -0.1) is 12.4 Å². The largest absolute Gasteiger partial charge is 0.481 e. The second kappa shape index (κ2) is 11.1. The second-order valence-electron chi connectivity index (χ2n) is 4.83. The molecule has 0 saturated heterocycles. The number of nitrogens with zero attached hydrogens (tertiary/aromatic N) is 1. The molecule has 6 heteroatoms. The summed E-state index contributed by atoms with van der Waals surface area (Å²) in [6, 6.07) is 9.99. The Morgan fingerprint density at radius 1 is 1.05 bits per heavy atom. The zero-order chi connectivity index (χ0) is 14.8. The molecule has 0 aliphatic carbocycles. The van der Waals surface area contributed by atoms with Crippen molar-refractivity contribution in [2.45, 2.75) is 32.2 Å². The molecule has 21 heavy (non-hydrogen) atoms. The Hall–Kier alpha value is -1.59. The third kappa shape index (κ3) is 9.87. The zero-order valence-electron chi connectivity index (χ0n) is 12.0. The number of halogens is 1. The van der Waals surface area contributed by atoms with Gasteiger partial charge in [0.2, 0.25) is 5.91 Å². The summed E-state index contributed by atoms with van der Waals surface area (Å²) in [7, 11) is 0. The Balaban J connectivity index is 0.00000400. The Labute approximate surface area is 131 Å². The summed E-state index contributed by atoms with van der Waals surface area (Å²) in [5, 5.41) is 8.62. The lowest BCUT2D eigenvalue weighted by Crippen LogP contribution is -2.29. The van der Waals surface area contributed by atoms with Crippen molar-refractivity contribution in [1.29, 1.82) is 0 Å². The van der Waals surface area contributed by atoms with Gasteiger partial charge in [0.1, 0.15) is 0 Å². The number of carbonyl (C=O) groups excluding carboxylic acids is 1. The molecule has 3 N–H and O–H groups in total. The summed E-state index contributed by atoms with van der Waals surface area (Å²) in [6.07, 6.45) is 1.97. The van der Waals surface area contributed by atoms with Crippen LogP contribution in [0.1, 0.15) is 31.2 Å². The van der Waals surface area contributed by atoms with Crippen molar-refractivity contribution in [3.63, 3.8) is 0 Å². The first-order valence-electron chi connectivity index (χ1n) is 6.84. The van der Waals surface area contributed by atoms with Gasteiger partial charge < -0.3 is 10.8 Å². The number of unbranched alkanes of at least 4 members (excludes halogenated alkanes) is 1. The minimum absolute atomic E-state index is 0. The average Bonchev–Trinajstić information content (AvgIpc) is 2.41. The van der Waals surface area contributed by atoms with Crippen LogP contribution < -0.4 is 5.73 Å².